The minimum atomic E-state index is -1.69. The zero-order valence-electron chi connectivity index (χ0n) is 16.3. The van der Waals surface area contributed by atoms with E-state index < -0.39 is 48.1 Å². The summed E-state index contributed by atoms with van der Waals surface area (Å²) in [5.74, 6) is -3.10. The summed E-state index contributed by atoms with van der Waals surface area (Å²) in [6, 6.07) is 0. The van der Waals surface area contributed by atoms with Gasteiger partial charge in [0.2, 0.25) is 11.9 Å². The van der Waals surface area contributed by atoms with Crippen molar-refractivity contribution in [1.29, 1.82) is 0 Å². The van der Waals surface area contributed by atoms with Crippen molar-refractivity contribution >= 4 is 46.6 Å². The zero-order chi connectivity index (χ0) is 22.2. The Morgan fingerprint density at radius 2 is 2.07 bits per heavy atom. The summed E-state index contributed by atoms with van der Waals surface area (Å²) < 4.78 is 12.2. The van der Waals surface area contributed by atoms with Gasteiger partial charge in [-0.05, 0) is 6.92 Å². The molecular weight excluding hydrogens is 422 g/mol. The molecule has 1 saturated heterocycles. The van der Waals surface area contributed by atoms with Crippen LogP contribution in [0, 0.1) is 5.92 Å². The molecule has 1 fully saturated rings. The van der Waals surface area contributed by atoms with Crippen molar-refractivity contribution in [2.45, 2.75) is 45.1 Å². The van der Waals surface area contributed by atoms with Crippen molar-refractivity contribution in [2.75, 3.05) is 11.9 Å². The van der Waals surface area contributed by atoms with Gasteiger partial charge in [-0.15, -0.1) is 0 Å². The molecule has 162 valence electrons. The number of carboxylic acid groups (broad SMARTS) is 1. The first-order valence-electron chi connectivity index (χ1n) is 8.91. The summed E-state index contributed by atoms with van der Waals surface area (Å²) in [7, 11) is 0. The molecule has 3 rings (SSSR count). The second-order valence-electron chi connectivity index (χ2n) is 7.10. The average molecular weight is 442 g/mol. The number of imidazole rings is 1. The lowest BCUT2D eigenvalue weighted by Crippen LogP contribution is -2.41. The third-order valence-electron chi connectivity index (χ3n) is 4.77. The number of amides is 1. The van der Waals surface area contributed by atoms with Crippen LogP contribution < -0.4 is 5.32 Å². The van der Waals surface area contributed by atoms with Crippen molar-refractivity contribution in [1.82, 2.24) is 19.5 Å². The van der Waals surface area contributed by atoms with Gasteiger partial charge in [-0.2, -0.15) is 9.97 Å². The van der Waals surface area contributed by atoms with E-state index in [9.17, 15) is 24.6 Å². The van der Waals surface area contributed by atoms with Crippen LogP contribution in [0.1, 0.15) is 33.4 Å². The summed E-state index contributed by atoms with van der Waals surface area (Å²) in [4.78, 5) is 46.2. The predicted molar refractivity (Wildman–Crippen MR) is 102 cm³/mol. The molecule has 0 radical (unpaired) electrons. The Hall–Kier alpha value is -2.83. The van der Waals surface area contributed by atoms with E-state index in [2.05, 4.69) is 20.3 Å². The van der Waals surface area contributed by atoms with Crippen LogP contribution >= 0.6 is 11.6 Å². The highest BCUT2D eigenvalue weighted by molar-refractivity contribution is 6.33. The number of ether oxygens (including phenoxy) is 2. The van der Waals surface area contributed by atoms with E-state index in [0.29, 0.717) is 0 Å². The van der Waals surface area contributed by atoms with E-state index in [1.165, 1.54) is 31.7 Å². The largest absolute Gasteiger partial charge is 0.481 e. The molecule has 30 heavy (non-hydrogen) atoms. The molecule has 2 aromatic rings. The standard InChI is InChI=1S/C17H20ClN5O7/c1-7(24)20-16-21-13(18)12-14(22-16)23(6-19-12)15-17(3,28)9(4-11(26)27)10(30-15)5-29-8(2)25/h6,9-10,15,28H,4-5H2,1-3H3,(H,26,27)(H,20,21,22,24)/t9-,10+,15-,17+/m1/s1. The Morgan fingerprint density at radius 3 is 2.67 bits per heavy atom. The number of hydrogen-bond donors (Lipinski definition) is 3. The molecule has 0 spiro atoms. The van der Waals surface area contributed by atoms with Gasteiger partial charge in [0.15, 0.2) is 17.0 Å². The number of fused-ring (bicyclic) bond motifs is 1. The van der Waals surface area contributed by atoms with Crippen molar-refractivity contribution < 1.29 is 34.1 Å². The molecule has 0 aromatic carbocycles. The molecule has 0 unspecified atom stereocenters. The predicted octanol–water partition coefficient (Wildman–Crippen LogP) is 0.740. The number of halogens is 1. The molecule has 12 nitrogen and oxygen atoms in total. The third kappa shape index (κ3) is 4.20. The summed E-state index contributed by atoms with van der Waals surface area (Å²) >= 11 is 6.13. The van der Waals surface area contributed by atoms with E-state index in [1.54, 1.807) is 0 Å². The first-order valence-corrected chi connectivity index (χ1v) is 9.29. The minimum Gasteiger partial charge on any atom is -0.481 e. The van der Waals surface area contributed by atoms with Gasteiger partial charge in [0, 0.05) is 19.8 Å². The van der Waals surface area contributed by atoms with Crippen LogP contribution in [0.25, 0.3) is 11.2 Å². The van der Waals surface area contributed by atoms with Gasteiger partial charge in [-0.25, -0.2) is 4.98 Å². The number of carboxylic acids is 1. The number of aliphatic hydroxyl groups is 1. The highest BCUT2D eigenvalue weighted by Crippen LogP contribution is 2.45. The quantitative estimate of drug-likeness (QED) is 0.429. The second kappa shape index (κ2) is 8.13. The molecular formula is C17H20ClN5O7. The highest BCUT2D eigenvalue weighted by Gasteiger charge is 2.54. The van der Waals surface area contributed by atoms with Gasteiger partial charge in [0.1, 0.15) is 23.8 Å². The fourth-order valence-corrected chi connectivity index (χ4v) is 3.67. The number of nitrogens with zero attached hydrogens (tertiary/aromatic N) is 4. The van der Waals surface area contributed by atoms with Gasteiger partial charge in [0.05, 0.1) is 12.7 Å². The zero-order valence-corrected chi connectivity index (χ0v) is 17.1. The lowest BCUT2D eigenvalue weighted by molar-refractivity contribution is -0.147. The van der Waals surface area contributed by atoms with E-state index in [1.807, 2.05) is 0 Å². The third-order valence-corrected chi connectivity index (χ3v) is 5.03. The number of rotatable bonds is 6. The Kier molecular flexibility index (Phi) is 5.92. The summed E-state index contributed by atoms with van der Waals surface area (Å²) in [6.45, 7) is 3.67. The van der Waals surface area contributed by atoms with Crippen LogP contribution in [0.3, 0.4) is 0 Å². The average Bonchev–Trinajstić information content (AvgIpc) is 3.12. The van der Waals surface area contributed by atoms with Crippen LogP contribution in [0.4, 0.5) is 5.95 Å². The number of carbonyl (C=O) groups excluding carboxylic acids is 2. The first-order chi connectivity index (χ1) is 14.0. The molecule has 0 aliphatic carbocycles. The number of anilines is 1. The molecule has 1 aliphatic rings. The second-order valence-corrected chi connectivity index (χ2v) is 7.46. The van der Waals surface area contributed by atoms with Gasteiger partial charge in [0.25, 0.3) is 0 Å². The molecule has 13 heteroatoms. The maximum atomic E-state index is 11.4. The lowest BCUT2D eigenvalue weighted by Gasteiger charge is -2.29. The SMILES string of the molecule is CC(=O)Nc1nc(Cl)c2ncn([C@@H]3O[C@@H](COC(C)=O)[C@@H](CC(=O)O)[C@]3(C)O)c2n1. The molecule has 0 saturated carbocycles. The first kappa shape index (κ1) is 21.9. The van der Waals surface area contributed by atoms with Gasteiger partial charge in [-0.1, -0.05) is 11.6 Å². The van der Waals surface area contributed by atoms with Gasteiger partial charge in [-0.3, -0.25) is 24.3 Å². The number of hydrogen-bond acceptors (Lipinski definition) is 9. The van der Waals surface area contributed by atoms with Crippen molar-refractivity contribution in [3.05, 3.63) is 11.5 Å². The number of aliphatic carboxylic acids is 1. The molecule has 3 heterocycles. The van der Waals surface area contributed by atoms with E-state index in [-0.39, 0.29) is 28.9 Å². The summed E-state index contributed by atoms with van der Waals surface area (Å²) in [5, 5.41) is 22.9. The maximum absolute atomic E-state index is 11.4. The van der Waals surface area contributed by atoms with Crippen LogP contribution in [0.5, 0.6) is 0 Å². The Bertz CT molecular complexity index is 1010. The van der Waals surface area contributed by atoms with E-state index >= 15 is 0 Å². The fourth-order valence-electron chi connectivity index (χ4n) is 3.45. The number of esters is 1. The Morgan fingerprint density at radius 1 is 1.37 bits per heavy atom. The summed E-state index contributed by atoms with van der Waals surface area (Å²) in [5.41, 5.74) is -1.34. The molecule has 4 atom stereocenters. The van der Waals surface area contributed by atoms with Gasteiger partial charge < -0.3 is 19.7 Å². The van der Waals surface area contributed by atoms with Crippen molar-refractivity contribution in [3.63, 3.8) is 0 Å². The monoisotopic (exact) mass is 441 g/mol. The van der Waals surface area contributed by atoms with Crippen LogP contribution in [-0.2, 0) is 23.9 Å². The molecule has 0 bridgehead atoms. The lowest BCUT2D eigenvalue weighted by atomic mass is 9.84. The number of nitrogens with one attached hydrogen (secondary N) is 1. The highest BCUT2D eigenvalue weighted by atomic mass is 35.5. The number of aromatic nitrogens is 4. The maximum Gasteiger partial charge on any atom is 0.303 e. The Balaban J connectivity index is 2.03. The van der Waals surface area contributed by atoms with Crippen LogP contribution in [0.15, 0.2) is 6.33 Å². The smallest absolute Gasteiger partial charge is 0.303 e. The van der Waals surface area contributed by atoms with E-state index in [4.69, 9.17) is 21.1 Å². The van der Waals surface area contributed by atoms with Crippen molar-refractivity contribution in [2.24, 2.45) is 5.92 Å². The molecule has 3 N–H and O–H groups in total. The minimum absolute atomic E-state index is 0.0290. The van der Waals surface area contributed by atoms with E-state index in [0.717, 1.165) is 0 Å². The molecule has 1 aliphatic heterocycles. The number of carbonyl (C=O) groups is 3. The molecule has 2 aromatic heterocycles. The van der Waals surface area contributed by atoms with Gasteiger partial charge >= 0.3 is 11.9 Å². The van der Waals surface area contributed by atoms with Crippen LogP contribution in [0.2, 0.25) is 5.15 Å². The summed E-state index contributed by atoms with van der Waals surface area (Å²) in [6.07, 6.45) is -1.12. The normalized spacial score (nSPS) is 26.0. The fraction of sp³-hybridized carbons (Fsp3) is 0.529. The van der Waals surface area contributed by atoms with Crippen LogP contribution in [-0.4, -0.2) is 65.9 Å². The van der Waals surface area contributed by atoms with Crippen molar-refractivity contribution in [3.8, 4) is 0 Å². The molecule has 1 amide bonds. The Labute approximate surface area is 175 Å². The topological polar surface area (TPSA) is 166 Å².